The van der Waals surface area contributed by atoms with Crippen molar-refractivity contribution in [1.82, 2.24) is 29.6 Å². The molecular formula is C18H21N7O. The summed E-state index contributed by atoms with van der Waals surface area (Å²) in [6, 6.07) is 3.91. The smallest absolute Gasteiger partial charge is 0.181 e. The highest BCUT2D eigenvalue weighted by Crippen LogP contribution is 2.34. The van der Waals surface area contributed by atoms with Gasteiger partial charge in [0.2, 0.25) is 0 Å². The van der Waals surface area contributed by atoms with Crippen LogP contribution < -0.4 is 4.90 Å². The van der Waals surface area contributed by atoms with E-state index >= 15 is 0 Å². The number of nitrogens with zero attached hydrogens (tertiary/aromatic N) is 7. The summed E-state index contributed by atoms with van der Waals surface area (Å²) in [6.07, 6.45) is 6.82. The normalized spacial score (nSPS) is 22.9. The maximum Gasteiger partial charge on any atom is 0.181 e. The van der Waals surface area contributed by atoms with Crippen molar-refractivity contribution in [2.75, 3.05) is 31.1 Å². The van der Waals surface area contributed by atoms with Crippen LogP contribution in [0.15, 0.2) is 41.7 Å². The van der Waals surface area contributed by atoms with Crippen molar-refractivity contribution in [3.05, 3.63) is 48.7 Å². The van der Waals surface area contributed by atoms with Gasteiger partial charge in [0, 0.05) is 51.2 Å². The van der Waals surface area contributed by atoms with Crippen LogP contribution in [0, 0.1) is 18.8 Å². The van der Waals surface area contributed by atoms with Gasteiger partial charge in [-0.05, 0) is 24.8 Å². The van der Waals surface area contributed by atoms with Crippen molar-refractivity contribution >= 4 is 5.82 Å². The summed E-state index contributed by atoms with van der Waals surface area (Å²) in [4.78, 5) is 18.0. The van der Waals surface area contributed by atoms with Crippen molar-refractivity contribution in [2.24, 2.45) is 11.8 Å². The quantitative estimate of drug-likeness (QED) is 0.705. The molecular weight excluding hydrogens is 330 g/mol. The Labute approximate surface area is 151 Å². The molecule has 0 saturated carbocycles. The molecule has 2 fully saturated rings. The molecule has 134 valence electrons. The molecule has 3 aromatic rings. The third-order valence-corrected chi connectivity index (χ3v) is 5.48. The Morgan fingerprint density at radius 1 is 1.08 bits per heavy atom. The Kier molecular flexibility index (Phi) is 3.70. The molecule has 8 nitrogen and oxygen atoms in total. The highest BCUT2D eigenvalue weighted by molar-refractivity contribution is 5.44. The number of aromatic nitrogens is 5. The van der Waals surface area contributed by atoms with Gasteiger partial charge in [-0.25, -0.2) is 19.6 Å². The number of hydrogen-bond acceptors (Lipinski definition) is 7. The minimum Gasteiger partial charge on any atom is -0.448 e. The molecule has 2 atom stereocenters. The Morgan fingerprint density at radius 2 is 1.88 bits per heavy atom. The zero-order valence-electron chi connectivity index (χ0n) is 14.7. The lowest BCUT2D eigenvalue weighted by Crippen LogP contribution is -2.29. The lowest BCUT2D eigenvalue weighted by Gasteiger charge is -2.22. The first kappa shape index (κ1) is 15.5. The third kappa shape index (κ3) is 2.76. The molecule has 8 heteroatoms. The lowest BCUT2D eigenvalue weighted by molar-refractivity contribution is 0.303. The average molecular weight is 351 g/mol. The predicted molar refractivity (Wildman–Crippen MR) is 94.9 cm³/mol. The Bertz CT molecular complexity index is 877. The van der Waals surface area contributed by atoms with Crippen molar-refractivity contribution in [1.29, 1.82) is 0 Å². The summed E-state index contributed by atoms with van der Waals surface area (Å²) < 4.78 is 7.09. The average Bonchev–Trinajstić information content (AvgIpc) is 3.40. The van der Waals surface area contributed by atoms with Gasteiger partial charge in [0.25, 0.3) is 0 Å². The molecule has 2 unspecified atom stereocenters. The number of hydrogen-bond donors (Lipinski definition) is 0. The van der Waals surface area contributed by atoms with E-state index in [0.717, 1.165) is 55.8 Å². The van der Waals surface area contributed by atoms with Crippen LogP contribution in [0.4, 0.5) is 5.82 Å². The van der Waals surface area contributed by atoms with Crippen LogP contribution in [0.3, 0.4) is 0 Å². The van der Waals surface area contributed by atoms with Crippen molar-refractivity contribution in [2.45, 2.75) is 13.5 Å². The standard InChI is InChI=1S/C18H21N7O/c1-13-16(21-12-26-13)10-23-6-14-8-24(9-15(14)7-23)17-5-18(20-11-19-17)25-4-2-3-22-25/h2-5,11-12,14-15H,6-10H2,1H3. The minimum absolute atomic E-state index is 0.672. The molecule has 3 aromatic heterocycles. The highest BCUT2D eigenvalue weighted by atomic mass is 16.3. The van der Waals surface area contributed by atoms with Crippen LogP contribution in [0.25, 0.3) is 5.82 Å². The number of fused-ring (bicyclic) bond motifs is 1. The lowest BCUT2D eigenvalue weighted by atomic mass is 10.0. The van der Waals surface area contributed by atoms with Crippen LogP contribution in [0.2, 0.25) is 0 Å². The van der Waals surface area contributed by atoms with Gasteiger partial charge >= 0.3 is 0 Å². The van der Waals surface area contributed by atoms with E-state index < -0.39 is 0 Å². The Balaban J connectivity index is 1.26. The second kappa shape index (κ2) is 6.21. The Hall–Kier alpha value is -2.74. The van der Waals surface area contributed by atoms with Gasteiger partial charge in [0.1, 0.15) is 17.9 Å². The van der Waals surface area contributed by atoms with E-state index in [0.29, 0.717) is 11.8 Å². The van der Waals surface area contributed by atoms with Gasteiger partial charge in [-0.1, -0.05) is 0 Å². The van der Waals surface area contributed by atoms with Crippen LogP contribution in [-0.4, -0.2) is 55.8 Å². The van der Waals surface area contributed by atoms with Crippen LogP contribution in [0.1, 0.15) is 11.5 Å². The Morgan fingerprint density at radius 3 is 2.58 bits per heavy atom. The number of oxazole rings is 1. The molecule has 2 aliphatic rings. The summed E-state index contributed by atoms with van der Waals surface area (Å²) in [5.41, 5.74) is 1.06. The van der Waals surface area contributed by atoms with E-state index in [9.17, 15) is 0 Å². The van der Waals surface area contributed by atoms with Crippen LogP contribution in [-0.2, 0) is 6.54 Å². The second-order valence-electron chi connectivity index (χ2n) is 7.16. The van der Waals surface area contributed by atoms with Gasteiger partial charge < -0.3 is 9.32 Å². The third-order valence-electron chi connectivity index (χ3n) is 5.48. The molecule has 26 heavy (non-hydrogen) atoms. The summed E-state index contributed by atoms with van der Waals surface area (Å²) in [5.74, 6) is 4.06. The molecule has 0 N–H and O–H groups in total. The SMILES string of the molecule is Cc1ocnc1CN1CC2CN(c3cc(-n4cccn4)ncn3)CC2C1. The molecule has 0 spiro atoms. The first-order valence-electron chi connectivity index (χ1n) is 8.94. The van der Waals surface area contributed by atoms with E-state index in [1.54, 1.807) is 17.2 Å². The summed E-state index contributed by atoms with van der Waals surface area (Å²) >= 11 is 0. The monoisotopic (exact) mass is 351 g/mol. The molecule has 0 radical (unpaired) electrons. The maximum absolute atomic E-state index is 5.32. The van der Waals surface area contributed by atoms with E-state index in [4.69, 9.17) is 4.42 Å². The maximum atomic E-state index is 5.32. The van der Waals surface area contributed by atoms with E-state index in [1.165, 1.54) is 6.39 Å². The molecule has 0 aromatic carbocycles. The zero-order valence-corrected chi connectivity index (χ0v) is 14.7. The fourth-order valence-corrected chi connectivity index (χ4v) is 4.14. The molecule has 2 aliphatic heterocycles. The number of rotatable bonds is 4. The fraction of sp³-hybridized carbons (Fsp3) is 0.444. The summed E-state index contributed by atoms with van der Waals surface area (Å²) in [7, 11) is 0. The number of anilines is 1. The van der Waals surface area contributed by atoms with Crippen LogP contribution in [0.5, 0.6) is 0 Å². The predicted octanol–water partition coefficient (Wildman–Crippen LogP) is 1.53. The number of likely N-dealkylation sites (tertiary alicyclic amines) is 1. The summed E-state index contributed by atoms with van der Waals surface area (Å²) in [6.45, 7) is 7.14. The van der Waals surface area contributed by atoms with Crippen molar-refractivity contribution in [3.63, 3.8) is 0 Å². The van der Waals surface area contributed by atoms with Crippen molar-refractivity contribution in [3.8, 4) is 5.82 Å². The topological polar surface area (TPSA) is 76.1 Å². The highest BCUT2D eigenvalue weighted by Gasteiger charge is 2.40. The molecule has 0 amide bonds. The molecule has 5 rings (SSSR count). The fourth-order valence-electron chi connectivity index (χ4n) is 4.14. The largest absolute Gasteiger partial charge is 0.448 e. The van der Waals surface area contributed by atoms with E-state index in [2.05, 4.69) is 29.9 Å². The van der Waals surface area contributed by atoms with E-state index in [1.807, 2.05) is 25.3 Å². The first-order chi connectivity index (χ1) is 12.8. The number of aryl methyl sites for hydroxylation is 1. The van der Waals surface area contributed by atoms with Gasteiger partial charge in [-0.3, -0.25) is 4.90 Å². The van der Waals surface area contributed by atoms with Crippen LogP contribution >= 0.6 is 0 Å². The minimum atomic E-state index is 0.672. The van der Waals surface area contributed by atoms with Crippen molar-refractivity contribution < 1.29 is 4.42 Å². The van der Waals surface area contributed by atoms with Gasteiger partial charge in [-0.2, -0.15) is 5.10 Å². The zero-order chi connectivity index (χ0) is 17.5. The van der Waals surface area contributed by atoms with Gasteiger partial charge in [-0.15, -0.1) is 0 Å². The molecule has 0 aliphatic carbocycles. The molecule has 5 heterocycles. The molecule has 2 saturated heterocycles. The van der Waals surface area contributed by atoms with Gasteiger partial charge in [0.05, 0.1) is 5.69 Å². The van der Waals surface area contributed by atoms with Gasteiger partial charge in [0.15, 0.2) is 12.2 Å². The first-order valence-corrected chi connectivity index (χ1v) is 8.94. The molecule has 0 bridgehead atoms. The van der Waals surface area contributed by atoms with E-state index in [-0.39, 0.29) is 0 Å². The summed E-state index contributed by atoms with van der Waals surface area (Å²) in [5, 5.41) is 4.25. The second-order valence-corrected chi connectivity index (χ2v) is 7.16.